The van der Waals surface area contributed by atoms with Crippen LogP contribution in [-0.4, -0.2) is 41.8 Å². The maximum atomic E-state index is 12.5. The molecule has 0 bridgehead atoms. The van der Waals surface area contributed by atoms with E-state index in [4.69, 9.17) is 0 Å². The molecule has 1 aliphatic heterocycles. The van der Waals surface area contributed by atoms with Crippen LogP contribution in [0.5, 0.6) is 0 Å². The van der Waals surface area contributed by atoms with E-state index in [0.717, 1.165) is 4.31 Å². The van der Waals surface area contributed by atoms with Crippen molar-refractivity contribution in [3.05, 3.63) is 30.3 Å². The molecule has 1 aliphatic rings. The summed E-state index contributed by atoms with van der Waals surface area (Å²) < 4.78 is 26.1. The van der Waals surface area contributed by atoms with Crippen LogP contribution in [0.3, 0.4) is 0 Å². The quantitative estimate of drug-likeness (QED) is 0.841. The third-order valence-corrected chi connectivity index (χ3v) is 5.10. The summed E-state index contributed by atoms with van der Waals surface area (Å²) in [6.45, 7) is 7.76. The minimum absolute atomic E-state index is 0.138. The topological polar surface area (TPSA) is 57.7 Å². The number of amides is 2. The molecule has 0 N–H and O–H groups in total. The number of hydrogen-bond donors (Lipinski definition) is 0. The normalized spacial score (nSPS) is 20.6. The zero-order valence-electron chi connectivity index (χ0n) is 12.2. The van der Waals surface area contributed by atoms with Crippen LogP contribution in [0.25, 0.3) is 0 Å². The van der Waals surface area contributed by atoms with Crippen LogP contribution < -0.4 is 0 Å². The molecule has 6 heteroatoms. The molecule has 1 saturated heterocycles. The third kappa shape index (κ3) is 2.40. The summed E-state index contributed by atoms with van der Waals surface area (Å²) in [6.07, 6.45) is 0. The number of nitrogens with zero attached hydrogens (tertiary/aromatic N) is 2. The summed E-state index contributed by atoms with van der Waals surface area (Å²) in [5, 5.41) is 0. The number of sulfonamides is 1. The molecule has 0 aromatic heterocycles. The van der Waals surface area contributed by atoms with Gasteiger partial charge in [0.2, 0.25) is 0 Å². The first-order valence-corrected chi connectivity index (χ1v) is 8.01. The van der Waals surface area contributed by atoms with Crippen molar-refractivity contribution in [1.82, 2.24) is 9.21 Å². The molecule has 0 saturated carbocycles. The lowest BCUT2D eigenvalue weighted by Gasteiger charge is -2.34. The molecule has 0 spiro atoms. The fraction of sp³-hybridized carbons (Fsp3) is 0.500. The molecule has 2 amide bonds. The minimum atomic E-state index is -3.77. The molecule has 5 nitrogen and oxygen atoms in total. The molecular formula is C14H20N2O3S. The van der Waals surface area contributed by atoms with Gasteiger partial charge in [0.25, 0.3) is 10.0 Å². The van der Waals surface area contributed by atoms with Gasteiger partial charge in [-0.1, -0.05) is 18.2 Å². The number of hydrogen-bond acceptors (Lipinski definition) is 3. The van der Waals surface area contributed by atoms with Crippen molar-refractivity contribution in [3.8, 4) is 0 Å². The molecule has 1 fully saturated rings. The van der Waals surface area contributed by atoms with Gasteiger partial charge in [-0.15, -0.1) is 0 Å². The Bertz CT molecular complexity index is 605. The van der Waals surface area contributed by atoms with Gasteiger partial charge >= 0.3 is 6.03 Å². The Morgan fingerprint density at radius 1 is 1.15 bits per heavy atom. The Kier molecular flexibility index (Phi) is 3.54. The van der Waals surface area contributed by atoms with Gasteiger partial charge < -0.3 is 4.90 Å². The highest BCUT2D eigenvalue weighted by molar-refractivity contribution is 7.89. The predicted octanol–water partition coefficient (Wildman–Crippen LogP) is 2.30. The molecule has 1 aromatic carbocycles. The molecule has 1 atom stereocenters. The number of urea groups is 1. The van der Waals surface area contributed by atoms with Crippen LogP contribution >= 0.6 is 0 Å². The molecule has 2 rings (SSSR count). The maximum Gasteiger partial charge on any atom is 0.334 e. The summed E-state index contributed by atoms with van der Waals surface area (Å²) in [6, 6.07) is 7.47. The second kappa shape index (κ2) is 4.77. The van der Waals surface area contributed by atoms with E-state index in [1.807, 2.05) is 27.7 Å². The lowest BCUT2D eigenvalue weighted by molar-refractivity contribution is 0.143. The van der Waals surface area contributed by atoms with Crippen LogP contribution in [0.4, 0.5) is 4.79 Å². The van der Waals surface area contributed by atoms with Gasteiger partial charge in [0.05, 0.1) is 17.5 Å². The van der Waals surface area contributed by atoms with Crippen molar-refractivity contribution in [2.24, 2.45) is 0 Å². The van der Waals surface area contributed by atoms with E-state index >= 15 is 0 Å². The smallest absolute Gasteiger partial charge is 0.314 e. The zero-order chi connectivity index (χ0) is 15.1. The van der Waals surface area contributed by atoms with Crippen LogP contribution in [0.15, 0.2) is 35.2 Å². The molecule has 1 aromatic rings. The lowest BCUT2D eigenvalue weighted by atomic mass is 10.1. The van der Waals surface area contributed by atoms with E-state index in [-0.39, 0.29) is 17.5 Å². The molecule has 1 unspecified atom stereocenters. The van der Waals surface area contributed by atoms with Crippen LogP contribution in [-0.2, 0) is 10.0 Å². The summed E-state index contributed by atoms with van der Waals surface area (Å²) in [4.78, 5) is 14.2. The number of rotatable bonds is 2. The largest absolute Gasteiger partial charge is 0.334 e. The Morgan fingerprint density at radius 2 is 1.70 bits per heavy atom. The number of carbonyl (C=O) groups is 1. The lowest BCUT2D eigenvalue weighted by Crippen LogP contribution is -2.47. The van der Waals surface area contributed by atoms with E-state index in [2.05, 4.69) is 0 Å². The van der Waals surface area contributed by atoms with Gasteiger partial charge in [0.1, 0.15) is 0 Å². The van der Waals surface area contributed by atoms with Crippen molar-refractivity contribution < 1.29 is 13.2 Å². The predicted molar refractivity (Wildman–Crippen MR) is 76.8 cm³/mol. The molecule has 0 aliphatic carbocycles. The fourth-order valence-electron chi connectivity index (χ4n) is 2.58. The van der Waals surface area contributed by atoms with Gasteiger partial charge in [0.15, 0.2) is 0 Å². The summed E-state index contributed by atoms with van der Waals surface area (Å²) in [5.74, 6) is 0. The SMILES string of the molecule is CC1CN(S(=O)(=O)c2ccccc2)C(=O)N1C(C)(C)C. The molecule has 1 heterocycles. The summed E-state index contributed by atoms with van der Waals surface area (Å²) >= 11 is 0. The highest BCUT2D eigenvalue weighted by atomic mass is 32.2. The van der Waals surface area contributed by atoms with E-state index in [0.29, 0.717) is 0 Å². The average Bonchev–Trinajstić information content (AvgIpc) is 2.66. The highest BCUT2D eigenvalue weighted by Crippen LogP contribution is 2.29. The van der Waals surface area contributed by atoms with Gasteiger partial charge in [0, 0.05) is 5.54 Å². The Morgan fingerprint density at radius 3 is 2.15 bits per heavy atom. The van der Waals surface area contributed by atoms with E-state index in [9.17, 15) is 13.2 Å². The standard InChI is InChI=1S/C14H20N2O3S/c1-11-10-15(13(17)16(11)14(2,3)4)20(18,19)12-8-6-5-7-9-12/h5-9,11H,10H2,1-4H3. The maximum absolute atomic E-state index is 12.5. The third-order valence-electron chi connectivity index (χ3n) is 3.34. The molecular weight excluding hydrogens is 276 g/mol. The van der Waals surface area contributed by atoms with Crippen molar-refractivity contribution in [2.45, 2.75) is 44.2 Å². The summed E-state index contributed by atoms with van der Waals surface area (Å²) in [5.41, 5.74) is -0.405. The number of carbonyl (C=O) groups excluding carboxylic acids is 1. The minimum Gasteiger partial charge on any atom is -0.314 e. The Labute approximate surface area is 120 Å². The fourth-order valence-corrected chi connectivity index (χ4v) is 4.04. The van der Waals surface area contributed by atoms with Crippen LogP contribution in [0, 0.1) is 0 Å². The number of benzene rings is 1. The van der Waals surface area contributed by atoms with E-state index < -0.39 is 21.6 Å². The Balaban J connectivity index is 2.39. The zero-order valence-corrected chi connectivity index (χ0v) is 13.0. The molecule has 110 valence electrons. The first-order valence-electron chi connectivity index (χ1n) is 6.57. The van der Waals surface area contributed by atoms with Crippen molar-refractivity contribution in [2.75, 3.05) is 6.54 Å². The average molecular weight is 296 g/mol. The van der Waals surface area contributed by atoms with Gasteiger partial charge in [-0.2, -0.15) is 0 Å². The van der Waals surface area contributed by atoms with E-state index in [1.54, 1.807) is 23.1 Å². The van der Waals surface area contributed by atoms with Crippen molar-refractivity contribution in [3.63, 3.8) is 0 Å². The highest BCUT2D eigenvalue weighted by Gasteiger charge is 2.46. The van der Waals surface area contributed by atoms with Crippen molar-refractivity contribution in [1.29, 1.82) is 0 Å². The van der Waals surface area contributed by atoms with Crippen LogP contribution in [0.1, 0.15) is 27.7 Å². The monoisotopic (exact) mass is 296 g/mol. The summed E-state index contributed by atoms with van der Waals surface area (Å²) in [7, 11) is -3.77. The van der Waals surface area contributed by atoms with E-state index in [1.165, 1.54) is 12.1 Å². The van der Waals surface area contributed by atoms with Crippen molar-refractivity contribution >= 4 is 16.1 Å². The van der Waals surface area contributed by atoms with Gasteiger partial charge in [-0.25, -0.2) is 17.5 Å². The molecule has 0 radical (unpaired) electrons. The van der Waals surface area contributed by atoms with Gasteiger partial charge in [-0.05, 0) is 39.8 Å². The van der Waals surface area contributed by atoms with Gasteiger partial charge in [-0.3, -0.25) is 0 Å². The second-order valence-electron chi connectivity index (χ2n) is 6.02. The second-order valence-corrected chi connectivity index (χ2v) is 7.88. The first-order chi connectivity index (χ1) is 9.15. The molecule has 20 heavy (non-hydrogen) atoms. The first kappa shape index (κ1) is 14.8. The van der Waals surface area contributed by atoms with Crippen LogP contribution in [0.2, 0.25) is 0 Å². The Hall–Kier alpha value is -1.56.